The van der Waals surface area contributed by atoms with Crippen LogP contribution in [0.5, 0.6) is 0 Å². The minimum atomic E-state index is -0.319. The van der Waals surface area contributed by atoms with Crippen LogP contribution in [-0.4, -0.2) is 45.6 Å². The highest BCUT2D eigenvalue weighted by atomic mass is 32.2. The lowest BCUT2D eigenvalue weighted by molar-refractivity contribution is -0.124. The molecule has 1 aliphatic rings. The van der Waals surface area contributed by atoms with Gasteiger partial charge in [-0.25, -0.2) is 14.8 Å². The number of thioether (sulfide) groups is 1. The molecule has 4 rings (SSSR count). The first-order chi connectivity index (χ1) is 12.2. The first-order valence-corrected chi connectivity index (χ1v) is 9.53. The van der Waals surface area contributed by atoms with E-state index in [4.69, 9.17) is 0 Å². The van der Waals surface area contributed by atoms with Crippen molar-refractivity contribution in [2.24, 2.45) is 0 Å². The number of rotatable bonds is 4. The van der Waals surface area contributed by atoms with Crippen LogP contribution in [0.15, 0.2) is 47.8 Å². The maximum atomic E-state index is 12.2. The van der Waals surface area contributed by atoms with Gasteiger partial charge in [0.1, 0.15) is 16.2 Å². The SMILES string of the molecule is O=C(CSc1ncnc2sc(-c3ccccc3)cc12)N1CCNC1=O. The largest absolute Gasteiger partial charge is 0.336 e. The Hall–Kier alpha value is -2.45. The third kappa shape index (κ3) is 3.22. The number of hydrogen-bond acceptors (Lipinski definition) is 6. The van der Waals surface area contributed by atoms with Crippen molar-refractivity contribution in [1.82, 2.24) is 20.2 Å². The molecule has 2 aromatic heterocycles. The van der Waals surface area contributed by atoms with E-state index in [-0.39, 0.29) is 17.7 Å². The van der Waals surface area contributed by atoms with Gasteiger partial charge in [-0.1, -0.05) is 42.1 Å². The van der Waals surface area contributed by atoms with Crippen molar-refractivity contribution in [3.05, 3.63) is 42.7 Å². The highest BCUT2D eigenvalue weighted by molar-refractivity contribution is 8.00. The number of hydrogen-bond donors (Lipinski definition) is 1. The van der Waals surface area contributed by atoms with Crippen molar-refractivity contribution in [3.8, 4) is 10.4 Å². The van der Waals surface area contributed by atoms with E-state index in [2.05, 4.69) is 33.5 Å². The predicted molar refractivity (Wildman–Crippen MR) is 98.7 cm³/mol. The molecule has 8 heteroatoms. The fraction of sp³-hybridized carbons (Fsp3) is 0.176. The van der Waals surface area contributed by atoms with Crippen molar-refractivity contribution < 1.29 is 9.59 Å². The highest BCUT2D eigenvalue weighted by Gasteiger charge is 2.26. The average molecular weight is 370 g/mol. The van der Waals surface area contributed by atoms with E-state index in [1.54, 1.807) is 11.3 Å². The summed E-state index contributed by atoms with van der Waals surface area (Å²) in [6.07, 6.45) is 1.52. The third-order valence-electron chi connectivity index (χ3n) is 3.84. The van der Waals surface area contributed by atoms with E-state index in [9.17, 15) is 9.59 Å². The first kappa shape index (κ1) is 16.0. The number of thiophene rings is 1. The van der Waals surface area contributed by atoms with Crippen molar-refractivity contribution in [2.45, 2.75) is 5.03 Å². The molecule has 0 unspecified atom stereocenters. The molecule has 1 fully saturated rings. The Morgan fingerprint density at radius 3 is 2.88 bits per heavy atom. The number of aromatic nitrogens is 2. The van der Waals surface area contributed by atoms with Gasteiger partial charge in [0.25, 0.3) is 0 Å². The van der Waals surface area contributed by atoms with Gasteiger partial charge in [0.15, 0.2) is 0 Å². The molecular weight excluding hydrogens is 356 g/mol. The molecule has 3 amide bonds. The van der Waals surface area contributed by atoms with E-state index < -0.39 is 0 Å². The van der Waals surface area contributed by atoms with Gasteiger partial charge < -0.3 is 5.32 Å². The molecule has 0 bridgehead atoms. The van der Waals surface area contributed by atoms with Gasteiger partial charge >= 0.3 is 6.03 Å². The van der Waals surface area contributed by atoms with E-state index >= 15 is 0 Å². The van der Waals surface area contributed by atoms with Crippen LogP contribution in [0, 0.1) is 0 Å². The molecule has 0 radical (unpaired) electrons. The van der Waals surface area contributed by atoms with Gasteiger partial charge in [-0.2, -0.15) is 0 Å². The second-order valence-electron chi connectivity index (χ2n) is 5.44. The summed E-state index contributed by atoms with van der Waals surface area (Å²) in [6, 6.07) is 11.8. The number of nitrogens with zero attached hydrogens (tertiary/aromatic N) is 3. The minimum Gasteiger partial charge on any atom is -0.336 e. The summed E-state index contributed by atoms with van der Waals surface area (Å²) in [5.74, 6) is -0.0268. The lowest BCUT2D eigenvalue weighted by Gasteiger charge is -2.11. The normalized spacial score (nSPS) is 14.1. The molecule has 25 heavy (non-hydrogen) atoms. The third-order valence-corrected chi connectivity index (χ3v) is 5.92. The summed E-state index contributed by atoms with van der Waals surface area (Å²) in [5.41, 5.74) is 1.13. The molecule has 0 aliphatic carbocycles. The van der Waals surface area contributed by atoms with Gasteiger partial charge in [-0.05, 0) is 11.6 Å². The zero-order chi connectivity index (χ0) is 17.2. The molecule has 6 nitrogen and oxygen atoms in total. The van der Waals surface area contributed by atoms with Crippen LogP contribution in [-0.2, 0) is 4.79 Å². The van der Waals surface area contributed by atoms with Crippen molar-refractivity contribution in [3.63, 3.8) is 0 Å². The van der Waals surface area contributed by atoms with E-state index in [0.717, 1.165) is 25.7 Å². The zero-order valence-corrected chi connectivity index (χ0v) is 14.8. The monoisotopic (exact) mass is 370 g/mol. The fourth-order valence-corrected chi connectivity index (χ4v) is 4.53. The predicted octanol–water partition coefficient (Wildman–Crippen LogP) is 3.00. The van der Waals surface area contributed by atoms with E-state index in [0.29, 0.717) is 13.1 Å². The topological polar surface area (TPSA) is 75.2 Å². The average Bonchev–Trinajstić information content (AvgIpc) is 3.26. The Kier molecular flexibility index (Phi) is 4.37. The van der Waals surface area contributed by atoms with Crippen LogP contribution in [0.3, 0.4) is 0 Å². The van der Waals surface area contributed by atoms with E-state index in [1.807, 2.05) is 18.2 Å². The Labute approximate surface area is 152 Å². The molecule has 1 aliphatic heterocycles. The fourth-order valence-electron chi connectivity index (χ4n) is 2.61. The number of fused-ring (bicyclic) bond motifs is 1. The van der Waals surface area contributed by atoms with Crippen LogP contribution >= 0.6 is 23.1 Å². The zero-order valence-electron chi connectivity index (χ0n) is 13.1. The maximum absolute atomic E-state index is 12.2. The number of amides is 3. The molecule has 0 spiro atoms. The molecule has 1 aromatic carbocycles. The van der Waals surface area contributed by atoms with Crippen LogP contribution in [0.25, 0.3) is 20.7 Å². The number of carbonyl (C=O) groups excluding carboxylic acids is 2. The van der Waals surface area contributed by atoms with E-state index in [1.165, 1.54) is 23.0 Å². The Morgan fingerprint density at radius 1 is 1.28 bits per heavy atom. The van der Waals surface area contributed by atoms with Gasteiger partial charge in [-0.3, -0.25) is 9.69 Å². The summed E-state index contributed by atoms with van der Waals surface area (Å²) in [4.78, 5) is 35.7. The molecule has 3 heterocycles. The summed E-state index contributed by atoms with van der Waals surface area (Å²) in [6.45, 7) is 0.936. The van der Waals surface area contributed by atoms with Gasteiger partial charge in [-0.15, -0.1) is 11.3 Å². The highest BCUT2D eigenvalue weighted by Crippen LogP contribution is 2.36. The van der Waals surface area contributed by atoms with Crippen molar-refractivity contribution in [2.75, 3.05) is 18.8 Å². The lowest BCUT2D eigenvalue weighted by Crippen LogP contribution is -2.35. The number of urea groups is 1. The Balaban J connectivity index is 1.56. The van der Waals surface area contributed by atoms with Gasteiger partial charge in [0.2, 0.25) is 5.91 Å². The smallest absolute Gasteiger partial charge is 0.324 e. The van der Waals surface area contributed by atoms with Gasteiger partial charge in [0.05, 0.1) is 5.75 Å². The van der Waals surface area contributed by atoms with Crippen molar-refractivity contribution >= 4 is 45.3 Å². The first-order valence-electron chi connectivity index (χ1n) is 7.73. The molecule has 0 atom stereocenters. The molecule has 0 saturated carbocycles. The number of nitrogens with one attached hydrogen (secondary N) is 1. The van der Waals surface area contributed by atoms with Crippen LogP contribution < -0.4 is 5.32 Å². The summed E-state index contributed by atoms with van der Waals surface area (Å²) >= 11 is 2.94. The molecule has 1 saturated heterocycles. The number of imide groups is 1. The molecule has 1 N–H and O–H groups in total. The lowest BCUT2D eigenvalue weighted by atomic mass is 10.2. The Bertz CT molecular complexity index is 942. The second-order valence-corrected chi connectivity index (χ2v) is 7.44. The standard InChI is InChI=1S/C17H14N4O2S2/c22-14(21-7-6-18-17(21)23)9-24-15-12-8-13(11-4-2-1-3-5-11)25-16(12)20-10-19-15/h1-5,8,10H,6-7,9H2,(H,18,23). The summed E-state index contributed by atoms with van der Waals surface area (Å²) < 4.78 is 0. The van der Waals surface area contributed by atoms with Crippen LogP contribution in [0.4, 0.5) is 4.79 Å². The summed E-state index contributed by atoms with van der Waals surface area (Å²) in [5, 5.41) is 4.33. The molecule has 3 aromatic rings. The number of benzene rings is 1. The number of carbonyl (C=O) groups is 2. The van der Waals surface area contributed by atoms with Gasteiger partial charge in [0, 0.05) is 23.4 Å². The molecular formula is C17H14N4O2S2. The maximum Gasteiger partial charge on any atom is 0.324 e. The summed E-state index contributed by atoms with van der Waals surface area (Å²) in [7, 11) is 0. The molecule has 126 valence electrons. The van der Waals surface area contributed by atoms with Crippen LogP contribution in [0.2, 0.25) is 0 Å². The Morgan fingerprint density at radius 2 is 2.12 bits per heavy atom. The minimum absolute atomic E-state index is 0.177. The second kappa shape index (κ2) is 6.81. The van der Waals surface area contributed by atoms with Crippen molar-refractivity contribution in [1.29, 1.82) is 0 Å². The van der Waals surface area contributed by atoms with Crippen LogP contribution in [0.1, 0.15) is 0 Å². The quantitative estimate of drug-likeness (QED) is 0.564.